The van der Waals surface area contributed by atoms with Gasteiger partial charge in [0.15, 0.2) is 0 Å². The quantitative estimate of drug-likeness (QED) is 0.866. The molecule has 0 aliphatic carbocycles. The van der Waals surface area contributed by atoms with Gasteiger partial charge in [-0.15, -0.1) is 0 Å². The second-order valence-electron chi connectivity index (χ2n) is 4.15. The Labute approximate surface area is 108 Å². The molecule has 1 rings (SSSR count). The van der Waals surface area contributed by atoms with E-state index in [9.17, 15) is 13.4 Å². The molecule has 1 N–H and O–H groups in total. The van der Waals surface area contributed by atoms with E-state index in [1.807, 2.05) is 13.8 Å². The summed E-state index contributed by atoms with van der Waals surface area (Å²) in [6.45, 7) is 3.99. The summed E-state index contributed by atoms with van der Waals surface area (Å²) >= 11 is 0. The molecule has 0 amide bonds. The maximum atomic E-state index is 13.6. The number of hydrogen-bond acceptors (Lipinski definition) is 2. The Balaban J connectivity index is 2.97. The summed E-state index contributed by atoms with van der Waals surface area (Å²) in [5.41, 5.74) is -0.0377. The van der Waals surface area contributed by atoms with Crippen molar-refractivity contribution in [3.8, 4) is 0 Å². The van der Waals surface area contributed by atoms with Crippen molar-refractivity contribution in [2.24, 2.45) is 5.92 Å². The van der Waals surface area contributed by atoms with E-state index in [1.165, 1.54) is 6.07 Å². The first-order valence-electron chi connectivity index (χ1n) is 5.90. The smallest absolute Gasteiger partial charge is 0.335 e. The lowest BCUT2D eigenvalue weighted by atomic mass is 10.1. The van der Waals surface area contributed by atoms with Gasteiger partial charge in [0.2, 0.25) is 0 Å². The molecular formula is C13H17FO3S. The Morgan fingerprint density at radius 2 is 2.00 bits per heavy atom. The number of carbonyl (C=O) groups is 1. The summed E-state index contributed by atoms with van der Waals surface area (Å²) in [5, 5.41) is 8.83. The molecule has 0 aromatic heterocycles. The summed E-state index contributed by atoms with van der Waals surface area (Å²) in [5.74, 6) is -1.12. The molecule has 5 heteroatoms. The zero-order chi connectivity index (χ0) is 13.7. The van der Waals surface area contributed by atoms with Gasteiger partial charge in [0.25, 0.3) is 0 Å². The largest absolute Gasteiger partial charge is 0.478 e. The van der Waals surface area contributed by atoms with Gasteiger partial charge in [-0.3, -0.25) is 4.21 Å². The fraction of sp³-hybridized carbons (Fsp3) is 0.462. The van der Waals surface area contributed by atoms with Crippen molar-refractivity contribution >= 4 is 16.8 Å². The zero-order valence-corrected chi connectivity index (χ0v) is 11.3. The van der Waals surface area contributed by atoms with Crippen molar-refractivity contribution in [2.45, 2.75) is 31.6 Å². The molecule has 0 spiro atoms. The van der Waals surface area contributed by atoms with Gasteiger partial charge in [0, 0.05) is 5.75 Å². The SMILES string of the molecule is CCC(CC)CS(=O)c1cc(C(=O)O)ccc1F. The molecule has 18 heavy (non-hydrogen) atoms. The predicted molar refractivity (Wildman–Crippen MR) is 68.7 cm³/mol. The number of carboxylic acids is 1. The van der Waals surface area contributed by atoms with Crippen molar-refractivity contribution in [2.75, 3.05) is 5.75 Å². The van der Waals surface area contributed by atoms with Crippen LogP contribution in [-0.2, 0) is 10.8 Å². The fourth-order valence-corrected chi connectivity index (χ4v) is 3.26. The molecule has 0 aliphatic rings. The number of hydrogen-bond donors (Lipinski definition) is 1. The Hall–Kier alpha value is -1.23. The second kappa shape index (κ2) is 6.64. The molecule has 0 aliphatic heterocycles. The molecule has 0 bridgehead atoms. The van der Waals surface area contributed by atoms with Crippen LogP contribution in [0.1, 0.15) is 37.0 Å². The highest BCUT2D eigenvalue weighted by Crippen LogP contribution is 2.19. The highest BCUT2D eigenvalue weighted by Gasteiger charge is 2.16. The van der Waals surface area contributed by atoms with Crippen molar-refractivity contribution in [3.05, 3.63) is 29.6 Å². The first-order valence-corrected chi connectivity index (χ1v) is 7.22. The van der Waals surface area contributed by atoms with E-state index in [1.54, 1.807) is 0 Å². The van der Waals surface area contributed by atoms with Crippen LogP contribution in [-0.4, -0.2) is 21.0 Å². The third-order valence-electron chi connectivity index (χ3n) is 2.97. The average molecular weight is 272 g/mol. The van der Waals surface area contributed by atoms with Gasteiger partial charge >= 0.3 is 5.97 Å². The van der Waals surface area contributed by atoms with Crippen molar-refractivity contribution in [3.63, 3.8) is 0 Å². The number of benzene rings is 1. The summed E-state index contributed by atoms with van der Waals surface area (Å²) in [4.78, 5) is 10.8. The van der Waals surface area contributed by atoms with E-state index in [0.717, 1.165) is 25.0 Å². The summed E-state index contributed by atoms with van der Waals surface area (Å²) in [6.07, 6.45) is 1.75. The lowest BCUT2D eigenvalue weighted by molar-refractivity contribution is 0.0696. The zero-order valence-electron chi connectivity index (χ0n) is 10.5. The minimum Gasteiger partial charge on any atom is -0.478 e. The molecule has 0 fully saturated rings. The van der Waals surface area contributed by atoms with Crippen LogP contribution in [0.3, 0.4) is 0 Å². The van der Waals surface area contributed by atoms with Gasteiger partial charge in [-0.2, -0.15) is 0 Å². The lowest BCUT2D eigenvalue weighted by Gasteiger charge is -2.12. The van der Waals surface area contributed by atoms with Crippen LogP contribution >= 0.6 is 0 Å². The maximum Gasteiger partial charge on any atom is 0.335 e. The van der Waals surface area contributed by atoms with Crippen LogP contribution in [0.4, 0.5) is 4.39 Å². The van der Waals surface area contributed by atoms with Crippen molar-refractivity contribution in [1.29, 1.82) is 0 Å². The van der Waals surface area contributed by atoms with Crippen LogP contribution in [0.15, 0.2) is 23.1 Å². The van der Waals surface area contributed by atoms with E-state index in [2.05, 4.69) is 0 Å². The van der Waals surface area contributed by atoms with Gasteiger partial charge < -0.3 is 5.11 Å². The van der Waals surface area contributed by atoms with Gasteiger partial charge in [-0.05, 0) is 24.1 Å². The molecule has 0 radical (unpaired) electrons. The van der Waals surface area contributed by atoms with Gasteiger partial charge in [0.05, 0.1) is 21.3 Å². The molecule has 1 unspecified atom stereocenters. The standard InChI is InChI=1S/C13H17FO3S/c1-3-9(4-2)8-18(17)12-7-10(13(15)16)5-6-11(12)14/h5-7,9H,3-4,8H2,1-2H3,(H,15,16). The molecule has 1 aromatic rings. The molecule has 0 heterocycles. The topological polar surface area (TPSA) is 54.4 Å². The highest BCUT2D eigenvalue weighted by molar-refractivity contribution is 7.85. The minimum absolute atomic E-state index is 0.0122. The third-order valence-corrected chi connectivity index (χ3v) is 4.54. The van der Waals surface area contributed by atoms with E-state index in [4.69, 9.17) is 5.11 Å². The van der Waals surface area contributed by atoms with E-state index >= 15 is 0 Å². The van der Waals surface area contributed by atoms with E-state index in [0.29, 0.717) is 5.75 Å². The van der Waals surface area contributed by atoms with E-state index < -0.39 is 22.6 Å². The normalized spacial score (nSPS) is 12.7. The molecule has 3 nitrogen and oxygen atoms in total. The summed E-state index contributed by atoms with van der Waals surface area (Å²) in [6, 6.07) is 3.40. The van der Waals surface area contributed by atoms with Crippen molar-refractivity contribution in [1.82, 2.24) is 0 Å². The minimum atomic E-state index is -1.49. The van der Waals surface area contributed by atoms with Gasteiger partial charge in [-0.1, -0.05) is 26.7 Å². The highest BCUT2D eigenvalue weighted by atomic mass is 32.2. The predicted octanol–water partition coefficient (Wildman–Crippen LogP) is 3.07. The summed E-state index contributed by atoms with van der Waals surface area (Å²) < 4.78 is 25.6. The first-order chi connectivity index (χ1) is 8.49. The average Bonchev–Trinajstić information content (AvgIpc) is 2.35. The van der Waals surface area contributed by atoms with Crippen LogP contribution in [0, 0.1) is 11.7 Å². The number of rotatable bonds is 6. The molecule has 1 aromatic carbocycles. The first kappa shape index (κ1) is 14.8. The number of halogens is 1. The maximum absolute atomic E-state index is 13.6. The number of carboxylic acid groups (broad SMARTS) is 1. The molecule has 100 valence electrons. The van der Waals surface area contributed by atoms with Crippen LogP contribution in [0.2, 0.25) is 0 Å². The van der Waals surface area contributed by atoms with E-state index in [-0.39, 0.29) is 16.4 Å². The van der Waals surface area contributed by atoms with Crippen LogP contribution in [0.25, 0.3) is 0 Å². The fourth-order valence-electron chi connectivity index (χ4n) is 1.64. The molecule has 1 atom stereocenters. The third kappa shape index (κ3) is 3.63. The summed E-state index contributed by atoms with van der Waals surface area (Å²) in [7, 11) is -1.49. The van der Waals surface area contributed by atoms with Crippen LogP contribution in [0.5, 0.6) is 0 Å². The number of aromatic carboxylic acids is 1. The van der Waals surface area contributed by atoms with Gasteiger partial charge in [-0.25, -0.2) is 9.18 Å². The Morgan fingerprint density at radius 3 is 2.50 bits per heavy atom. The molecule has 0 saturated carbocycles. The Morgan fingerprint density at radius 1 is 1.39 bits per heavy atom. The second-order valence-corrected chi connectivity index (χ2v) is 5.61. The molecule has 0 saturated heterocycles. The van der Waals surface area contributed by atoms with Crippen LogP contribution < -0.4 is 0 Å². The van der Waals surface area contributed by atoms with Gasteiger partial charge in [0.1, 0.15) is 5.82 Å². The molecular weight excluding hydrogens is 255 g/mol. The lowest BCUT2D eigenvalue weighted by Crippen LogP contribution is -2.11. The monoisotopic (exact) mass is 272 g/mol. The van der Waals surface area contributed by atoms with Crippen molar-refractivity contribution < 1.29 is 18.5 Å². The Bertz CT molecular complexity index is 456. The Kier molecular flexibility index (Phi) is 5.47.